The van der Waals surface area contributed by atoms with Gasteiger partial charge in [-0.1, -0.05) is 42.4 Å². The molecule has 5 heterocycles. The van der Waals surface area contributed by atoms with E-state index in [1.54, 1.807) is 0 Å². The molecule has 4 aliphatic heterocycles. The highest BCUT2D eigenvalue weighted by molar-refractivity contribution is 6.36. The molecule has 0 N–H and O–H groups in total. The van der Waals surface area contributed by atoms with Gasteiger partial charge in [0.25, 0.3) is 0 Å². The van der Waals surface area contributed by atoms with Gasteiger partial charge >= 0.3 is 11.8 Å². The molecule has 4 aliphatic rings. The fourth-order valence-corrected chi connectivity index (χ4v) is 8.04. The Morgan fingerprint density at radius 1 is 1.20 bits per heavy atom. The van der Waals surface area contributed by atoms with Crippen LogP contribution in [0.5, 0.6) is 6.01 Å². The summed E-state index contributed by atoms with van der Waals surface area (Å²) >= 11 is 6.71. The van der Waals surface area contributed by atoms with E-state index < -0.39 is 6.17 Å². The molecule has 3 atom stereocenters. The van der Waals surface area contributed by atoms with E-state index in [9.17, 15) is 9.18 Å². The van der Waals surface area contributed by atoms with Crippen LogP contribution in [0, 0.1) is 5.92 Å². The molecule has 3 aromatic rings. The van der Waals surface area contributed by atoms with Crippen molar-refractivity contribution in [2.75, 3.05) is 51.3 Å². The fourth-order valence-electron chi connectivity index (χ4n) is 7.76. The van der Waals surface area contributed by atoms with E-state index in [4.69, 9.17) is 26.3 Å². The minimum absolute atomic E-state index is 0.0324. The first-order chi connectivity index (χ1) is 21.3. The topological polar surface area (TPSA) is 64.8 Å². The SMILES string of the molecule is C=CC(=O)N1CCC(/C=[N+](/C)c2nc(OC[C@]34CCCN3C[C@H](F)C4)nc3c2CCN(c2cccc4cccc(Cl)c24)C3)C1. The largest absolute Gasteiger partial charge is 0.443 e. The van der Waals surface area contributed by atoms with Crippen molar-refractivity contribution in [3.8, 4) is 6.01 Å². The number of anilines is 1. The second-order valence-corrected chi connectivity index (χ2v) is 13.1. The van der Waals surface area contributed by atoms with Crippen molar-refractivity contribution in [1.29, 1.82) is 0 Å². The molecular weight excluding hydrogens is 579 g/mol. The molecule has 0 bridgehead atoms. The highest BCUT2D eigenvalue weighted by atomic mass is 35.5. The molecule has 0 saturated carbocycles. The van der Waals surface area contributed by atoms with Crippen LogP contribution in [0.4, 0.5) is 15.9 Å². The van der Waals surface area contributed by atoms with Crippen molar-refractivity contribution in [1.82, 2.24) is 19.8 Å². The minimum Gasteiger partial charge on any atom is -0.443 e. The van der Waals surface area contributed by atoms with Crippen LogP contribution in [0.2, 0.25) is 5.02 Å². The van der Waals surface area contributed by atoms with Crippen molar-refractivity contribution in [3.63, 3.8) is 0 Å². The summed E-state index contributed by atoms with van der Waals surface area (Å²) in [7, 11) is 2.02. The maximum atomic E-state index is 14.5. The van der Waals surface area contributed by atoms with E-state index in [0.29, 0.717) is 45.2 Å². The van der Waals surface area contributed by atoms with Crippen molar-refractivity contribution in [2.24, 2.45) is 5.92 Å². The van der Waals surface area contributed by atoms with Crippen molar-refractivity contribution < 1.29 is 18.5 Å². The average molecular weight is 618 g/mol. The van der Waals surface area contributed by atoms with Gasteiger partial charge in [0.15, 0.2) is 0 Å². The predicted octanol–water partition coefficient (Wildman–Crippen LogP) is 5.18. The average Bonchev–Trinajstić information content (AvgIpc) is 3.73. The van der Waals surface area contributed by atoms with E-state index in [0.717, 1.165) is 77.3 Å². The van der Waals surface area contributed by atoms with Crippen LogP contribution in [0.25, 0.3) is 10.8 Å². The molecule has 10 heteroatoms. The maximum absolute atomic E-state index is 14.5. The number of nitrogens with zero attached hydrogens (tertiary/aromatic N) is 6. The lowest BCUT2D eigenvalue weighted by Gasteiger charge is -2.32. The molecule has 2 aromatic carbocycles. The zero-order valence-corrected chi connectivity index (χ0v) is 26.0. The van der Waals surface area contributed by atoms with E-state index in [1.807, 2.05) is 24.1 Å². The summed E-state index contributed by atoms with van der Waals surface area (Å²) < 4.78 is 22.9. The van der Waals surface area contributed by atoms with Gasteiger partial charge in [-0.2, -0.15) is 4.98 Å². The molecule has 7 rings (SSSR count). The van der Waals surface area contributed by atoms with Gasteiger partial charge in [0.05, 0.1) is 41.6 Å². The number of hydrogen-bond acceptors (Lipinski definition) is 6. The summed E-state index contributed by atoms with van der Waals surface area (Å²) in [6, 6.07) is 12.6. The number of ether oxygens (including phenoxy) is 1. The number of amides is 1. The Hall–Kier alpha value is -3.56. The Labute approximate surface area is 262 Å². The summed E-state index contributed by atoms with van der Waals surface area (Å²) in [5.41, 5.74) is 2.82. The van der Waals surface area contributed by atoms with Crippen LogP contribution in [0.3, 0.4) is 0 Å². The maximum Gasteiger partial charge on any atom is 0.434 e. The first kappa shape index (κ1) is 29.2. The number of benzene rings is 2. The number of hydrogen-bond donors (Lipinski definition) is 0. The number of fused-ring (bicyclic) bond motifs is 3. The summed E-state index contributed by atoms with van der Waals surface area (Å²) in [6.07, 6.45) is 6.86. The lowest BCUT2D eigenvalue weighted by molar-refractivity contribution is -0.407. The lowest BCUT2D eigenvalue weighted by atomic mass is 9.95. The molecule has 3 saturated heterocycles. The summed E-state index contributed by atoms with van der Waals surface area (Å²) in [6.45, 7) is 8.16. The molecule has 8 nitrogen and oxygen atoms in total. The van der Waals surface area contributed by atoms with Gasteiger partial charge in [0, 0.05) is 61.0 Å². The van der Waals surface area contributed by atoms with Gasteiger partial charge in [-0.3, -0.25) is 9.69 Å². The van der Waals surface area contributed by atoms with Crippen molar-refractivity contribution in [2.45, 2.75) is 50.4 Å². The third-order valence-electron chi connectivity index (χ3n) is 9.91. The monoisotopic (exact) mass is 617 g/mol. The third kappa shape index (κ3) is 5.34. The molecule has 1 amide bonds. The number of aromatic nitrogens is 2. The number of rotatable bonds is 7. The number of halogens is 2. The van der Waals surface area contributed by atoms with Crippen LogP contribution >= 0.6 is 11.6 Å². The number of carbonyl (C=O) groups is 1. The Morgan fingerprint density at radius 3 is 2.89 bits per heavy atom. The zero-order chi connectivity index (χ0) is 30.4. The lowest BCUT2D eigenvalue weighted by Crippen LogP contribution is -2.43. The van der Waals surface area contributed by atoms with Gasteiger partial charge < -0.3 is 14.5 Å². The summed E-state index contributed by atoms with van der Waals surface area (Å²) in [5.74, 6) is 1.00. The first-order valence-corrected chi connectivity index (χ1v) is 16.0. The van der Waals surface area contributed by atoms with Crippen LogP contribution in [-0.4, -0.2) is 94.6 Å². The number of carbonyl (C=O) groups excluding carboxylic acids is 1. The molecule has 0 spiro atoms. The minimum atomic E-state index is -0.820. The standard InChI is InChI=1S/C34H39ClFN6O2/c1-3-30(43)41-15-11-23(19-41)18-39(2)32-26-12-16-40(29-10-5-8-24-7-4-9-27(35)31(24)29)21-28(26)37-33(38-32)44-22-34-13-6-14-42(34)20-25(36)17-34/h3-5,7-10,18,23,25H,1,6,11-17,19-22H2,2H3/q+1/b39-18-/t23?,25-,34-/m1/s1. The highest BCUT2D eigenvalue weighted by Gasteiger charge is 2.49. The molecule has 0 radical (unpaired) electrons. The third-order valence-corrected chi connectivity index (χ3v) is 10.2. The molecule has 44 heavy (non-hydrogen) atoms. The molecule has 0 aliphatic carbocycles. The van der Waals surface area contributed by atoms with E-state index >= 15 is 0 Å². The van der Waals surface area contributed by atoms with Crippen molar-refractivity contribution >= 4 is 46.0 Å². The molecule has 1 unspecified atom stereocenters. The fraction of sp³-hybridized carbons (Fsp3) is 0.471. The Bertz CT molecular complexity index is 1640. The highest BCUT2D eigenvalue weighted by Crippen LogP contribution is 2.41. The number of likely N-dealkylation sites (tertiary alicyclic amines) is 1. The van der Waals surface area contributed by atoms with Crippen LogP contribution < -0.4 is 9.64 Å². The first-order valence-electron chi connectivity index (χ1n) is 15.7. The van der Waals surface area contributed by atoms with Gasteiger partial charge in [-0.15, -0.1) is 0 Å². The normalized spacial score (nSPS) is 25.4. The predicted molar refractivity (Wildman–Crippen MR) is 171 cm³/mol. The Balaban J connectivity index is 1.22. The van der Waals surface area contributed by atoms with E-state index in [2.05, 4.69) is 51.4 Å². The van der Waals surface area contributed by atoms with Crippen LogP contribution in [0.1, 0.15) is 36.9 Å². The van der Waals surface area contributed by atoms with Gasteiger partial charge in [0.2, 0.25) is 5.91 Å². The Morgan fingerprint density at radius 2 is 2.05 bits per heavy atom. The van der Waals surface area contributed by atoms with Gasteiger partial charge in [-0.25, -0.2) is 8.97 Å². The molecule has 1 aromatic heterocycles. The summed E-state index contributed by atoms with van der Waals surface area (Å²) in [4.78, 5) is 28.5. The quantitative estimate of drug-likeness (QED) is 0.207. The molecule has 230 valence electrons. The zero-order valence-electron chi connectivity index (χ0n) is 25.2. The van der Waals surface area contributed by atoms with Crippen LogP contribution in [-0.2, 0) is 17.8 Å². The molecular formula is C34H39ClFN6O2+. The van der Waals surface area contributed by atoms with Gasteiger partial charge in [0.1, 0.15) is 12.8 Å². The van der Waals surface area contributed by atoms with E-state index in [-0.39, 0.29) is 17.4 Å². The second-order valence-electron chi connectivity index (χ2n) is 12.7. The summed E-state index contributed by atoms with van der Waals surface area (Å²) in [5, 5.41) is 2.87. The second kappa shape index (κ2) is 11.7. The van der Waals surface area contributed by atoms with Crippen LogP contribution in [0.15, 0.2) is 49.1 Å². The smallest absolute Gasteiger partial charge is 0.434 e. The Kier molecular flexibility index (Phi) is 7.79. The van der Waals surface area contributed by atoms with Gasteiger partial charge in [-0.05, 0) is 49.4 Å². The molecule has 3 fully saturated rings. The van der Waals surface area contributed by atoms with E-state index in [1.165, 1.54) is 6.08 Å². The number of alkyl halides is 1. The van der Waals surface area contributed by atoms with Crippen molar-refractivity contribution in [3.05, 3.63) is 65.3 Å².